The second-order valence-corrected chi connectivity index (χ2v) is 31.9. The van der Waals surface area contributed by atoms with Gasteiger partial charge >= 0.3 is 6.09 Å². The molecule has 8 heterocycles. The predicted molar refractivity (Wildman–Crippen MR) is 503 cm³/mol. The summed E-state index contributed by atoms with van der Waals surface area (Å²) in [4.78, 5) is 29.2. The Morgan fingerprint density at radius 1 is 0.458 bits per heavy atom. The van der Waals surface area contributed by atoms with Crippen molar-refractivity contribution in [3.05, 3.63) is 360 Å². The molecular weight excluding hydrogens is 1690 g/mol. The topological polar surface area (TPSA) is 286 Å². The van der Waals surface area contributed by atoms with Crippen LogP contribution in [0.5, 0.6) is 0 Å². The minimum Gasteiger partial charge on any atom is -0.454 e. The van der Waals surface area contributed by atoms with E-state index < -0.39 is 11.7 Å². The number of pyridine rings is 1. The fourth-order valence-electron chi connectivity index (χ4n) is 15.1. The van der Waals surface area contributed by atoms with Gasteiger partial charge in [0.25, 0.3) is 5.91 Å². The highest BCUT2D eigenvalue weighted by atomic mass is 35.5. The van der Waals surface area contributed by atoms with Crippen LogP contribution >= 0.6 is 11.6 Å². The van der Waals surface area contributed by atoms with Crippen molar-refractivity contribution >= 4 is 116 Å². The lowest BCUT2D eigenvalue weighted by molar-refractivity contribution is 0.0522. The summed E-state index contributed by atoms with van der Waals surface area (Å²) < 4.78 is 89.4. The Hall–Kier alpha value is -15.8. The average molecular weight is 1780 g/mol. The molecule has 0 radical (unpaired) electrons. The van der Waals surface area contributed by atoms with Gasteiger partial charge < -0.3 is 35.2 Å². The van der Waals surface area contributed by atoms with Gasteiger partial charge in [-0.05, 0) is 230 Å². The van der Waals surface area contributed by atoms with Crippen molar-refractivity contribution in [2.24, 2.45) is 14.1 Å². The number of nitrogens with one attached hydrogen (secondary N) is 3. The normalized spacial score (nSPS) is 11.3. The Morgan fingerprint density at radius 2 is 1.00 bits per heavy atom. The van der Waals surface area contributed by atoms with Gasteiger partial charge in [0.05, 0.1) is 57.7 Å². The maximum atomic E-state index is 13.5. The fraction of sp³-hybridized carbons (Fsp3) is 0.117. The van der Waals surface area contributed by atoms with Crippen LogP contribution in [0.2, 0.25) is 0 Å². The Balaban J connectivity index is 0.000000116. The highest BCUT2D eigenvalue weighted by Crippen LogP contribution is 2.38. The second kappa shape index (κ2) is 39.2. The van der Waals surface area contributed by atoms with E-state index in [2.05, 4.69) is 63.2 Å². The number of fused-ring (bicyclic) bond motifs is 8. The summed E-state index contributed by atoms with van der Waals surface area (Å²) in [6.07, 6.45) is 2.88. The first-order valence-corrected chi connectivity index (χ1v) is 42.0. The van der Waals surface area contributed by atoms with Crippen molar-refractivity contribution in [3.8, 4) is 67.7 Å². The van der Waals surface area contributed by atoms with Crippen LogP contribution in [-0.2, 0) is 55.9 Å². The lowest BCUT2D eigenvalue weighted by Crippen LogP contribution is -2.27. The van der Waals surface area contributed by atoms with E-state index in [1.54, 1.807) is 100 Å². The summed E-state index contributed by atoms with van der Waals surface area (Å²) in [5.74, 6) is -0.523. The minimum absolute atomic E-state index is 0.0476. The van der Waals surface area contributed by atoms with Crippen molar-refractivity contribution in [2.45, 2.75) is 58.7 Å². The Morgan fingerprint density at radius 3 is 1.65 bits per heavy atom. The number of carbonyl (C=O) groups excluding carboxylic acids is 2. The van der Waals surface area contributed by atoms with Gasteiger partial charge in [0.15, 0.2) is 5.76 Å². The number of halogens is 6. The number of furan rings is 1. The van der Waals surface area contributed by atoms with E-state index >= 15 is 0 Å². The number of para-hydroxylation sites is 1. The number of nitrogen functional groups attached to an aromatic ring is 1. The van der Waals surface area contributed by atoms with E-state index in [1.807, 2.05) is 187 Å². The number of anilines is 1. The monoisotopic (exact) mass is 1770 g/mol. The number of ether oxygens (including phenoxy) is 2. The lowest BCUT2D eigenvalue weighted by Gasteiger charge is -2.19. The molecule has 656 valence electrons. The Kier molecular flexibility index (Phi) is 26.5. The summed E-state index contributed by atoms with van der Waals surface area (Å²) in [5, 5.41) is 62.5. The molecule has 0 fully saturated rings. The first-order chi connectivity index (χ1) is 63.4. The molecule has 21 aromatic rings. The maximum absolute atomic E-state index is 13.5. The average Bonchev–Trinajstić information content (AvgIpc) is 1.62. The molecule has 1 amide bonds. The largest absolute Gasteiger partial charge is 0.454 e. The molecule has 22 nitrogen and oxygen atoms in total. The van der Waals surface area contributed by atoms with Gasteiger partial charge in [-0.2, -0.15) is 35.3 Å². The number of nitrogens with zero attached hydrogens (tertiary/aromatic N) is 11. The van der Waals surface area contributed by atoms with Crippen LogP contribution in [0.15, 0.2) is 308 Å². The number of hydrogen-bond donors (Lipinski definition) is 6. The van der Waals surface area contributed by atoms with Crippen molar-refractivity contribution in [1.29, 1.82) is 0 Å². The number of aliphatic hydroxyl groups excluding tert-OH is 2. The van der Waals surface area contributed by atoms with Gasteiger partial charge in [-0.1, -0.05) is 115 Å². The maximum Gasteiger partial charge on any atom is 0.435 e. The number of amides is 1. The number of H-pyrrole nitrogens is 2. The van der Waals surface area contributed by atoms with Gasteiger partial charge in [0, 0.05) is 123 Å². The molecule has 0 bridgehead atoms. The molecule has 0 atom stereocenters. The van der Waals surface area contributed by atoms with Gasteiger partial charge in [0.1, 0.15) is 69.8 Å². The fourth-order valence-corrected chi connectivity index (χ4v) is 15.2. The van der Waals surface area contributed by atoms with Crippen LogP contribution < -0.4 is 11.1 Å². The van der Waals surface area contributed by atoms with Crippen LogP contribution in [0.3, 0.4) is 0 Å². The van der Waals surface area contributed by atoms with E-state index in [0.29, 0.717) is 81.0 Å². The molecule has 0 unspecified atom stereocenters. The summed E-state index contributed by atoms with van der Waals surface area (Å²) in [7, 11) is 5.34. The molecule has 13 aromatic carbocycles. The number of aliphatic hydroxyl groups is 2. The number of methoxy groups -OCH3 is 1. The third-order valence-electron chi connectivity index (χ3n) is 21.3. The first-order valence-electron chi connectivity index (χ1n) is 41.4. The van der Waals surface area contributed by atoms with Gasteiger partial charge in [-0.25, -0.2) is 31.4 Å². The van der Waals surface area contributed by atoms with E-state index in [1.165, 1.54) is 65.3 Å². The van der Waals surface area contributed by atoms with E-state index in [9.17, 15) is 41.8 Å². The number of alkyl halides is 1. The Bertz CT molecular complexity index is 7730. The standard InChI is InChI=1S/C23H22N2O3.C20H15FN4O.C16H12FN3O.C16H15FN2O2.C15H12ClFN2.C13H9FN2/c1-23(2,3)28-22(27)25-20-11-8-15(14-26)12-19(20)21(24-25)18-10-9-16-6-4-5-7-17(16)13-18;21-16-6-3-14(4-7-16)19-17-10-15(5-8-18(17)24-25-19)20(26)23-12-13-2-1-9-22-11-13;1-20-13-4-3-11(18)8-12(13)16(19-20)15-7-9-6-10(17)2-5-14(9)21-15;1-21-10-19-15-6-5-11(9-20)7-14(15)16(18-19)12-3-2-4-13(17)8-12;1-19-14-6-5-10(9-16)7-13(14)15(18-19)11-3-2-4-12(17)8-11;14-10-5-3-4-9(8-10)13-11-6-1-2-7-12(11)15-16-13/h4-13,26H,14H2,1-3H3;1-11H,12H2,(H,23,26)(H,24,25);2-8H,18H2,1H3;2-8,20H,9-10H2,1H3;2-8H,9H2,1H3;1-8H,(H,15,16). The number of nitrogens with two attached hydrogens (primary N) is 1. The summed E-state index contributed by atoms with van der Waals surface area (Å²) in [5.41, 5.74) is 24.1. The van der Waals surface area contributed by atoms with E-state index in [-0.39, 0.29) is 48.2 Å². The van der Waals surface area contributed by atoms with E-state index in [0.717, 1.165) is 127 Å². The number of benzene rings is 13. The zero-order chi connectivity index (χ0) is 91.6. The Labute approximate surface area is 751 Å². The van der Waals surface area contributed by atoms with Crippen LogP contribution in [0.25, 0.3) is 155 Å². The number of carbonyl (C=O) groups is 2. The van der Waals surface area contributed by atoms with Crippen LogP contribution in [-0.4, -0.2) is 99.4 Å². The number of rotatable bonds is 14. The molecule has 0 spiro atoms. The number of aromatic amines is 2. The van der Waals surface area contributed by atoms with Crippen molar-refractivity contribution in [1.82, 2.24) is 69.8 Å². The molecule has 0 aliphatic heterocycles. The predicted octanol–water partition coefficient (Wildman–Crippen LogP) is 23.0. The first kappa shape index (κ1) is 88.6. The molecule has 28 heteroatoms. The van der Waals surface area contributed by atoms with Crippen LogP contribution in [0.1, 0.15) is 53.4 Å². The second-order valence-electron chi connectivity index (χ2n) is 31.6. The molecule has 0 saturated heterocycles. The highest BCUT2D eigenvalue weighted by molar-refractivity contribution is 6.17. The molecule has 0 aliphatic carbocycles. The van der Waals surface area contributed by atoms with Crippen LogP contribution in [0, 0.1) is 29.1 Å². The number of aryl methyl sites for hydroxylation is 2. The number of aromatic nitrogens is 13. The SMILES string of the molecule is CC(C)(C)OC(=O)n1nc(-c2ccc3ccccc3c2)c2cc(CO)ccc21.COCn1nc(-c2cccc(F)c2)c2cc(CO)ccc21.Cn1nc(-c2cc3cc(F)ccc3o2)c2cc(N)ccc21.Cn1nc(-c2cccc(F)c2)c2cc(CCl)ccc21.Fc1cccc(-c2n[nH]c3ccccc23)c1.O=C(NCc1cccnc1)c1ccc2[nH]nc(-c3ccc(F)cc3)c2c1. The highest BCUT2D eigenvalue weighted by Gasteiger charge is 2.25. The van der Waals surface area contributed by atoms with E-state index in [4.69, 9.17) is 31.2 Å². The van der Waals surface area contributed by atoms with Gasteiger partial charge in [-0.3, -0.25) is 29.3 Å². The molecule has 7 N–H and O–H groups in total. The molecule has 0 saturated carbocycles. The van der Waals surface area contributed by atoms with Crippen molar-refractivity contribution < 1.29 is 55.6 Å². The smallest absolute Gasteiger partial charge is 0.435 e. The van der Waals surface area contributed by atoms with Crippen LogP contribution in [0.4, 0.5) is 32.4 Å². The molecular formula is C103H85ClF5N15O7. The molecule has 0 aliphatic rings. The summed E-state index contributed by atoms with van der Waals surface area (Å²) in [6, 6.07) is 85.3. The summed E-state index contributed by atoms with van der Waals surface area (Å²) >= 11 is 5.87. The zero-order valence-electron chi connectivity index (χ0n) is 71.6. The quantitative estimate of drug-likeness (QED) is 0.0335. The van der Waals surface area contributed by atoms with Crippen molar-refractivity contribution in [2.75, 3.05) is 12.8 Å². The molecule has 8 aromatic heterocycles. The third-order valence-corrected chi connectivity index (χ3v) is 21.6. The molecule has 21 rings (SSSR count). The summed E-state index contributed by atoms with van der Waals surface area (Å²) in [6.45, 7) is 6.06. The molecule has 131 heavy (non-hydrogen) atoms. The number of hydrogen-bond acceptors (Lipinski definition) is 15. The third kappa shape index (κ3) is 20.3. The minimum atomic E-state index is -0.622. The zero-order valence-corrected chi connectivity index (χ0v) is 72.4. The lowest BCUT2D eigenvalue weighted by atomic mass is 10.0. The van der Waals surface area contributed by atoms with Gasteiger partial charge in [0.2, 0.25) is 0 Å². The van der Waals surface area contributed by atoms with Crippen molar-refractivity contribution in [3.63, 3.8) is 0 Å². The van der Waals surface area contributed by atoms with Gasteiger partial charge in [-0.15, -0.1) is 11.6 Å².